The highest BCUT2D eigenvalue weighted by atomic mass is 16.5. The van der Waals surface area contributed by atoms with Crippen molar-refractivity contribution < 1.29 is 9.53 Å². The predicted molar refractivity (Wildman–Crippen MR) is 121 cm³/mol. The highest BCUT2D eigenvalue weighted by molar-refractivity contribution is 5.92. The summed E-state index contributed by atoms with van der Waals surface area (Å²) in [6, 6.07) is 18.6. The van der Waals surface area contributed by atoms with E-state index in [1.807, 2.05) is 67.6 Å². The van der Waals surface area contributed by atoms with Crippen LogP contribution in [-0.2, 0) is 4.79 Å². The number of aromatic nitrogens is 2. The van der Waals surface area contributed by atoms with E-state index in [2.05, 4.69) is 39.3 Å². The van der Waals surface area contributed by atoms with E-state index < -0.39 is 0 Å². The first-order valence-corrected chi connectivity index (χ1v) is 10.0. The molecule has 1 aromatic heterocycles. The fourth-order valence-corrected chi connectivity index (χ4v) is 2.95. The first-order chi connectivity index (χ1) is 14.6. The first kappa shape index (κ1) is 21.1. The Bertz CT molecular complexity index is 957. The molecule has 7 nitrogen and oxygen atoms in total. The number of benzene rings is 2. The summed E-state index contributed by atoms with van der Waals surface area (Å²) in [5.41, 5.74) is 2.43. The van der Waals surface area contributed by atoms with Crippen molar-refractivity contribution in [2.45, 2.75) is 20.8 Å². The average molecular weight is 406 g/mol. The van der Waals surface area contributed by atoms with Crippen LogP contribution < -0.4 is 20.3 Å². The van der Waals surface area contributed by atoms with Crippen molar-refractivity contribution in [3.05, 3.63) is 66.4 Å². The van der Waals surface area contributed by atoms with Crippen LogP contribution in [0.15, 0.2) is 60.7 Å². The SMILES string of the molecule is CCN(CC)c1cc(C)nc(Nc2ccc(NC(=O)COc3ccccc3)cc2)n1. The number of hydrogen-bond donors (Lipinski definition) is 2. The molecule has 0 radical (unpaired) electrons. The number of ether oxygens (including phenoxy) is 1. The molecule has 156 valence electrons. The van der Waals surface area contributed by atoms with Gasteiger partial charge in [0.15, 0.2) is 6.61 Å². The number of rotatable bonds is 9. The summed E-state index contributed by atoms with van der Waals surface area (Å²) in [5, 5.41) is 6.05. The van der Waals surface area contributed by atoms with Crippen LogP contribution in [0.4, 0.5) is 23.1 Å². The van der Waals surface area contributed by atoms with Crippen LogP contribution in [-0.4, -0.2) is 35.6 Å². The summed E-state index contributed by atoms with van der Waals surface area (Å²) in [6.07, 6.45) is 0. The lowest BCUT2D eigenvalue weighted by Gasteiger charge is -2.20. The van der Waals surface area contributed by atoms with Gasteiger partial charge in [0.2, 0.25) is 5.95 Å². The molecule has 0 saturated heterocycles. The Morgan fingerprint density at radius 2 is 1.63 bits per heavy atom. The van der Waals surface area contributed by atoms with E-state index in [9.17, 15) is 4.79 Å². The maximum Gasteiger partial charge on any atom is 0.262 e. The van der Waals surface area contributed by atoms with E-state index in [1.54, 1.807) is 0 Å². The molecule has 2 N–H and O–H groups in total. The van der Waals surface area contributed by atoms with Gasteiger partial charge in [0.1, 0.15) is 11.6 Å². The van der Waals surface area contributed by atoms with Gasteiger partial charge in [0.05, 0.1) is 0 Å². The van der Waals surface area contributed by atoms with Crippen LogP contribution in [0, 0.1) is 6.92 Å². The zero-order valence-electron chi connectivity index (χ0n) is 17.6. The third-order valence-corrected chi connectivity index (χ3v) is 4.47. The van der Waals surface area contributed by atoms with Crippen molar-refractivity contribution in [2.75, 3.05) is 35.2 Å². The van der Waals surface area contributed by atoms with E-state index in [1.165, 1.54) is 0 Å². The number of amides is 1. The molecule has 0 unspecified atom stereocenters. The Kier molecular flexibility index (Phi) is 7.21. The molecular weight excluding hydrogens is 378 g/mol. The standard InChI is InChI=1S/C23H27N5O2/c1-4-28(5-2)21-15-17(3)24-23(27-21)26-19-13-11-18(12-14-19)25-22(29)16-30-20-9-7-6-8-10-20/h6-15H,4-5,16H2,1-3H3,(H,25,29)(H,24,26,27). The predicted octanol–water partition coefficient (Wildman–Crippen LogP) is 4.39. The summed E-state index contributed by atoms with van der Waals surface area (Å²) >= 11 is 0. The fourth-order valence-electron chi connectivity index (χ4n) is 2.95. The molecule has 2 aromatic carbocycles. The number of aryl methyl sites for hydroxylation is 1. The lowest BCUT2D eigenvalue weighted by Crippen LogP contribution is -2.23. The van der Waals surface area contributed by atoms with Crippen molar-refractivity contribution in [2.24, 2.45) is 0 Å². The number of nitrogens with zero attached hydrogens (tertiary/aromatic N) is 3. The van der Waals surface area contributed by atoms with E-state index in [0.717, 1.165) is 30.3 Å². The van der Waals surface area contributed by atoms with Gasteiger partial charge in [-0.1, -0.05) is 18.2 Å². The van der Waals surface area contributed by atoms with Gasteiger partial charge in [-0.15, -0.1) is 0 Å². The smallest absolute Gasteiger partial charge is 0.262 e. The highest BCUT2D eigenvalue weighted by Gasteiger charge is 2.08. The Labute approximate surface area is 177 Å². The van der Waals surface area contributed by atoms with E-state index in [-0.39, 0.29) is 12.5 Å². The van der Waals surface area contributed by atoms with Crippen molar-refractivity contribution in [3.63, 3.8) is 0 Å². The highest BCUT2D eigenvalue weighted by Crippen LogP contribution is 2.20. The Balaban J connectivity index is 1.58. The largest absolute Gasteiger partial charge is 0.484 e. The minimum atomic E-state index is -0.217. The second kappa shape index (κ2) is 10.2. The van der Waals surface area contributed by atoms with Crippen LogP contribution >= 0.6 is 0 Å². The van der Waals surface area contributed by atoms with Gasteiger partial charge in [0, 0.05) is 36.2 Å². The molecular formula is C23H27N5O2. The van der Waals surface area contributed by atoms with Crippen LogP contribution in [0.3, 0.4) is 0 Å². The molecule has 7 heteroatoms. The monoisotopic (exact) mass is 405 g/mol. The lowest BCUT2D eigenvalue weighted by molar-refractivity contribution is -0.118. The minimum absolute atomic E-state index is 0.0463. The number of para-hydroxylation sites is 1. The summed E-state index contributed by atoms with van der Waals surface area (Å²) in [4.78, 5) is 23.3. The van der Waals surface area contributed by atoms with E-state index in [0.29, 0.717) is 17.4 Å². The Morgan fingerprint density at radius 3 is 2.30 bits per heavy atom. The molecule has 0 aliphatic heterocycles. The van der Waals surface area contributed by atoms with Gasteiger partial charge in [0.25, 0.3) is 5.91 Å². The van der Waals surface area contributed by atoms with Gasteiger partial charge < -0.3 is 20.3 Å². The molecule has 3 aromatic rings. The summed E-state index contributed by atoms with van der Waals surface area (Å²) in [6.45, 7) is 7.88. The number of nitrogens with one attached hydrogen (secondary N) is 2. The van der Waals surface area contributed by atoms with Gasteiger partial charge >= 0.3 is 0 Å². The van der Waals surface area contributed by atoms with Gasteiger partial charge in [-0.05, 0) is 57.2 Å². The van der Waals surface area contributed by atoms with Gasteiger partial charge in [-0.3, -0.25) is 4.79 Å². The van der Waals surface area contributed by atoms with Crippen LogP contribution in [0.5, 0.6) is 5.75 Å². The second-order valence-corrected chi connectivity index (χ2v) is 6.72. The average Bonchev–Trinajstić information content (AvgIpc) is 2.75. The molecule has 0 spiro atoms. The molecule has 0 fully saturated rings. The molecule has 1 amide bonds. The van der Waals surface area contributed by atoms with Crippen molar-refractivity contribution >= 4 is 29.0 Å². The third-order valence-electron chi connectivity index (χ3n) is 4.47. The minimum Gasteiger partial charge on any atom is -0.484 e. The number of carbonyl (C=O) groups excluding carboxylic acids is 1. The van der Waals surface area contributed by atoms with E-state index in [4.69, 9.17) is 4.74 Å². The molecule has 0 saturated carbocycles. The molecule has 1 heterocycles. The topological polar surface area (TPSA) is 79.4 Å². The van der Waals surface area contributed by atoms with Crippen LogP contribution in [0.25, 0.3) is 0 Å². The fraction of sp³-hybridized carbons (Fsp3) is 0.261. The molecule has 3 rings (SSSR count). The molecule has 30 heavy (non-hydrogen) atoms. The normalized spacial score (nSPS) is 10.4. The van der Waals surface area contributed by atoms with Gasteiger partial charge in [-0.25, -0.2) is 4.98 Å². The molecule has 0 atom stereocenters. The first-order valence-electron chi connectivity index (χ1n) is 10.0. The van der Waals surface area contributed by atoms with Crippen molar-refractivity contribution in [1.29, 1.82) is 0 Å². The quantitative estimate of drug-likeness (QED) is 0.550. The molecule has 0 bridgehead atoms. The summed E-state index contributed by atoms with van der Waals surface area (Å²) in [7, 11) is 0. The maximum atomic E-state index is 12.1. The zero-order chi connectivity index (χ0) is 21.3. The second-order valence-electron chi connectivity index (χ2n) is 6.72. The molecule has 0 aliphatic rings. The number of hydrogen-bond acceptors (Lipinski definition) is 6. The summed E-state index contributed by atoms with van der Waals surface area (Å²) in [5.74, 6) is 1.89. The maximum absolute atomic E-state index is 12.1. The van der Waals surface area contributed by atoms with Crippen molar-refractivity contribution in [1.82, 2.24) is 9.97 Å². The third kappa shape index (κ3) is 5.94. The lowest BCUT2D eigenvalue weighted by atomic mass is 10.3. The van der Waals surface area contributed by atoms with Crippen LogP contribution in [0.2, 0.25) is 0 Å². The molecule has 0 aliphatic carbocycles. The Morgan fingerprint density at radius 1 is 0.967 bits per heavy atom. The Hall–Kier alpha value is -3.61. The van der Waals surface area contributed by atoms with Gasteiger partial charge in [-0.2, -0.15) is 4.98 Å². The van der Waals surface area contributed by atoms with Crippen molar-refractivity contribution in [3.8, 4) is 5.75 Å². The zero-order valence-corrected chi connectivity index (χ0v) is 17.6. The number of anilines is 4. The number of carbonyl (C=O) groups is 1. The summed E-state index contributed by atoms with van der Waals surface area (Å²) < 4.78 is 5.46. The van der Waals surface area contributed by atoms with E-state index >= 15 is 0 Å². The van der Waals surface area contributed by atoms with Crippen LogP contribution in [0.1, 0.15) is 19.5 Å².